The zero-order chi connectivity index (χ0) is 36.8. The van der Waals surface area contributed by atoms with E-state index in [1.165, 1.54) is 16.7 Å². The van der Waals surface area contributed by atoms with E-state index in [-0.39, 0.29) is 29.5 Å². The molecule has 3 aromatic carbocycles. The second kappa shape index (κ2) is 15.8. The monoisotopic (exact) mass is 697 g/mol. The molecule has 1 aliphatic carbocycles. The largest absolute Gasteiger partial charge is 0.490 e. The molecule has 6 rings (SSSR count). The number of pyridine rings is 1. The summed E-state index contributed by atoms with van der Waals surface area (Å²) in [5, 5.41) is 7.57. The van der Waals surface area contributed by atoms with E-state index in [0.29, 0.717) is 42.2 Å². The van der Waals surface area contributed by atoms with Crippen molar-refractivity contribution in [2.24, 2.45) is 0 Å². The lowest BCUT2D eigenvalue weighted by atomic mass is 9.78. The van der Waals surface area contributed by atoms with Gasteiger partial charge in [0.05, 0.1) is 0 Å². The highest BCUT2D eigenvalue weighted by atomic mass is 16.5. The van der Waals surface area contributed by atoms with E-state index in [4.69, 9.17) is 14.2 Å². The minimum atomic E-state index is -0.194. The van der Waals surface area contributed by atoms with Crippen LogP contribution in [-0.2, 0) is 16.6 Å². The molecule has 2 heterocycles. The number of aromatic nitrogens is 3. The summed E-state index contributed by atoms with van der Waals surface area (Å²) >= 11 is 0. The van der Waals surface area contributed by atoms with E-state index in [9.17, 15) is 9.59 Å². The zero-order valence-electron chi connectivity index (χ0n) is 30.6. The Hall–Kier alpha value is -5.57. The van der Waals surface area contributed by atoms with E-state index in [0.717, 1.165) is 41.8 Å². The Morgan fingerprint density at radius 2 is 1.75 bits per heavy atom. The summed E-state index contributed by atoms with van der Waals surface area (Å²) < 4.78 is 11.4. The minimum absolute atomic E-state index is 0.0450. The van der Waals surface area contributed by atoms with Gasteiger partial charge in [-0.2, -0.15) is 4.98 Å². The second-order valence-corrected chi connectivity index (χ2v) is 14.2. The van der Waals surface area contributed by atoms with Gasteiger partial charge in [0.25, 0.3) is 5.91 Å². The van der Waals surface area contributed by atoms with Crippen LogP contribution in [0.1, 0.15) is 90.7 Å². The highest BCUT2D eigenvalue weighted by Gasteiger charge is 2.31. The molecule has 0 spiro atoms. The number of nitrogens with one attached hydrogen (secondary N) is 1. The fourth-order valence-corrected chi connectivity index (χ4v) is 6.58. The summed E-state index contributed by atoms with van der Waals surface area (Å²) in [4.78, 5) is 34.9. The SMILES string of the molecule is C=Cc1ccc(N[C@H]2C[C@@H](Oc3ccc(C(C)(C)c4ccc(Cc5cccc(-c6noc(C)n6)n5)cc4)cc3)C2)cc1C(=O)N(C)C(C)CCC=O. The maximum absolute atomic E-state index is 13.3. The van der Waals surface area contributed by atoms with Crippen LogP contribution in [0.3, 0.4) is 0 Å². The molecule has 268 valence electrons. The van der Waals surface area contributed by atoms with Crippen molar-refractivity contribution < 1.29 is 18.8 Å². The summed E-state index contributed by atoms with van der Waals surface area (Å²) in [6.07, 6.45) is 6.22. The number of nitrogens with zero attached hydrogens (tertiary/aromatic N) is 4. The maximum Gasteiger partial charge on any atom is 0.254 e. The van der Waals surface area contributed by atoms with Gasteiger partial charge in [-0.3, -0.25) is 4.79 Å². The number of aryl methyl sites for hydroxylation is 1. The summed E-state index contributed by atoms with van der Waals surface area (Å²) in [6.45, 7) is 12.1. The van der Waals surface area contributed by atoms with Gasteiger partial charge in [0.1, 0.15) is 23.8 Å². The molecule has 0 saturated heterocycles. The van der Waals surface area contributed by atoms with Crippen LogP contribution < -0.4 is 10.1 Å². The fraction of sp³-hybridized carbons (Fsp3) is 0.326. The third kappa shape index (κ3) is 8.31. The molecule has 2 aromatic heterocycles. The lowest BCUT2D eigenvalue weighted by Crippen LogP contribution is -2.42. The molecule has 0 bridgehead atoms. The van der Waals surface area contributed by atoms with Gasteiger partial charge >= 0.3 is 0 Å². The highest BCUT2D eigenvalue weighted by molar-refractivity contribution is 5.98. The molecule has 1 N–H and O–H groups in total. The Morgan fingerprint density at radius 3 is 2.40 bits per heavy atom. The Balaban J connectivity index is 1.01. The van der Waals surface area contributed by atoms with Crippen LogP contribution in [-0.4, -0.2) is 57.5 Å². The van der Waals surface area contributed by atoms with Gasteiger partial charge in [0, 0.05) is 74.1 Å². The Bertz CT molecular complexity index is 2010. The summed E-state index contributed by atoms with van der Waals surface area (Å²) in [5.41, 5.74) is 7.36. The molecule has 1 amide bonds. The van der Waals surface area contributed by atoms with Crippen molar-refractivity contribution >= 4 is 24.0 Å². The average molecular weight is 698 g/mol. The standard InChI is InChI=1S/C43H47N5O4/c1-7-31-15-20-35(27-39(31)42(50)48(6)28(2)10-9-23-49)45-36-25-38(26-36)51-37-21-18-33(19-22-37)43(4,5)32-16-13-30(14-17-32)24-34-11-8-12-40(46-34)41-44-29(3)52-47-41/h7-8,11-23,27-28,36,38,45H,1,9-10,24-26H2,2-6H3/t28?,36-,38+. The first kappa shape index (κ1) is 36.2. The van der Waals surface area contributed by atoms with Gasteiger partial charge in [-0.25, -0.2) is 4.98 Å². The van der Waals surface area contributed by atoms with Crippen molar-refractivity contribution in [3.05, 3.63) is 131 Å². The topological polar surface area (TPSA) is 110 Å². The number of rotatable bonds is 15. The van der Waals surface area contributed by atoms with E-state index in [1.807, 2.05) is 43.3 Å². The number of amides is 1. The van der Waals surface area contributed by atoms with Crippen LogP contribution >= 0.6 is 0 Å². The van der Waals surface area contributed by atoms with Gasteiger partial charge in [0.15, 0.2) is 0 Å². The van der Waals surface area contributed by atoms with Crippen LogP contribution in [0.2, 0.25) is 0 Å². The van der Waals surface area contributed by atoms with Crippen molar-refractivity contribution in [2.45, 2.75) is 83.4 Å². The Kier molecular flexibility index (Phi) is 11.0. The number of carbonyl (C=O) groups is 2. The van der Waals surface area contributed by atoms with Crippen molar-refractivity contribution in [1.29, 1.82) is 0 Å². The Morgan fingerprint density at radius 1 is 1.04 bits per heavy atom. The van der Waals surface area contributed by atoms with E-state index in [1.54, 1.807) is 24.9 Å². The molecule has 9 nitrogen and oxygen atoms in total. The van der Waals surface area contributed by atoms with Gasteiger partial charge in [-0.15, -0.1) is 0 Å². The van der Waals surface area contributed by atoms with Gasteiger partial charge in [-0.05, 0) is 72.0 Å². The van der Waals surface area contributed by atoms with Crippen LogP contribution in [0.15, 0.2) is 96.0 Å². The lowest BCUT2D eigenvalue weighted by molar-refractivity contribution is -0.108. The van der Waals surface area contributed by atoms with Gasteiger partial charge in [0.2, 0.25) is 11.7 Å². The number of anilines is 1. The van der Waals surface area contributed by atoms with Crippen LogP contribution in [0, 0.1) is 6.92 Å². The van der Waals surface area contributed by atoms with Crippen molar-refractivity contribution in [1.82, 2.24) is 20.0 Å². The van der Waals surface area contributed by atoms with Crippen molar-refractivity contribution in [3.63, 3.8) is 0 Å². The van der Waals surface area contributed by atoms with Crippen molar-refractivity contribution in [3.8, 4) is 17.3 Å². The molecule has 5 aromatic rings. The fourth-order valence-electron chi connectivity index (χ4n) is 6.58. The zero-order valence-corrected chi connectivity index (χ0v) is 30.6. The molecule has 1 saturated carbocycles. The number of benzene rings is 3. The van der Waals surface area contributed by atoms with Crippen LogP contribution in [0.25, 0.3) is 17.6 Å². The molecule has 1 atom stereocenters. The number of hydrogen-bond donors (Lipinski definition) is 1. The average Bonchev–Trinajstić information content (AvgIpc) is 3.59. The number of hydrogen-bond acceptors (Lipinski definition) is 8. The normalized spacial score (nSPS) is 16.0. The van der Waals surface area contributed by atoms with Crippen LogP contribution in [0.4, 0.5) is 5.69 Å². The third-order valence-electron chi connectivity index (χ3n) is 10.2. The number of ether oxygens (including phenoxy) is 1. The number of aldehydes is 1. The molecule has 52 heavy (non-hydrogen) atoms. The summed E-state index contributed by atoms with van der Waals surface area (Å²) in [6, 6.07) is 29.1. The molecule has 0 radical (unpaired) electrons. The molecule has 1 fully saturated rings. The van der Waals surface area contributed by atoms with Gasteiger partial charge in [-0.1, -0.05) is 80.2 Å². The van der Waals surface area contributed by atoms with Crippen molar-refractivity contribution in [2.75, 3.05) is 12.4 Å². The quantitative estimate of drug-likeness (QED) is 0.109. The lowest BCUT2D eigenvalue weighted by Gasteiger charge is -2.36. The maximum atomic E-state index is 13.3. The molecule has 1 unspecified atom stereocenters. The molecule has 9 heteroatoms. The van der Waals surface area contributed by atoms with E-state index < -0.39 is 0 Å². The predicted molar refractivity (Wildman–Crippen MR) is 205 cm³/mol. The molecule has 1 aliphatic rings. The first-order valence-electron chi connectivity index (χ1n) is 17.9. The molecular weight excluding hydrogens is 651 g/mol. The van der Waals surface area contributed by atoms with Crippen LogP contribution in [0.5, 0.6) is 5.75 Å². The predicted octanol–water partition coefficient (Wildman–Crippen LogP) is 8.46. The van der Waals surface area contributed by atoms with E-state index >= 15 is 0 Å². The third-order valence-corrected chi connectivity index (χ3v) is 10.2. The number of carbonyl (C=O) groups excluding carboxylic acids is 2. The first-order chi connectivity index (χ1) is 25.0. The first-order valence-corrected chi connectivity index (χ1v) is 17.9. The molecular formula is C43H47N5O4. The summed E-state index contributed by atoms with van der Waals surface area (Å²) in [7, 11) is 1.78. The summed E-state index contributed by atoms with van der Waals surface area (Å²) in [5.74, 6) is 1.80. The molecule has 0 aliphatic heterocycles. The van der Waals surface area contributed by atoms with E-state index in [2.05, 4.69) is 84.4 Å². The minimum Gasteiger partial charge on any atom is -0.490 e. The van der Waals surface area contributed by atoms with Gasteiger partial charge < -0.3 is 24.3 Å². The smallest absolute Gasteiger partial charge is 0.254 e. The second-order valence-electron chi connectivity index (χ2n) is 14.2. The Labute approximate surface area is 306 Å². The highest BCUT2D eigenvalue weighted by Crippen LogP contribution is 2.35.